The van der Waals surface area contributed by atoms with E-state index in [1.165, 1.54) is 5.69 Å². The maximum atomic E-state index is 12.7. The van der Waals surface area contributed by atoms with Crippen molar-refractivity contribution in [1.82, 2.24) is 10.2 Å². The number of carbonyl (C=O) groups is 1. The molecule has 33 heavy (non-hydrogen) atoms. The van der Waals surface area contributed by atoms with E-state index in [2.05, 4.69) is 27.2 Å². The van der Waals surface area contributed by atoms with Crippen molar-refractivity contribution < 1.29 is 18.7 Å². The van der Waals surface area contributed by atoms with Gasteiger partial charge in [-0.3, -0.25) is 9.69 Å². The first-order valence-electron chi connectivity index (χ1n) is 11.4. The summed E-state index contributed by atoms with van der Waals surface area (Å²) in [5.41, 5.74) is 1.80. The van der Waals surface area contributed by atoms with E-state index in [0.717, 1.165) is 43.4 Å². The van der Waals surface area contributed by atoms with Crippen molar-refractivity contribution in [3.05, 3.63) is 78.3 Å². The molecule has 3 aromatic rings. The fraction of sp³-hybridized carbons (Fsp3) is 0.346. The highest BCUT2D eigenvalue weighted by Gasteiger charge is 2.27. The lowest BCUT2D eigenvalue weighted by atomic mass is 10.1. The number of nitrogens with zero attached hydrogens (tertiary/aromatic N) is 2. The smallest absolute Gasteiger partial charge is 0.251 e. The number of hydrogen-bond acceptors (Lipinski definition) is 6. The van der Waals surface area contributed by atoms with Crippen LogP contribution < -0.4 is 19.7 Å². The van der Waals surface area contributed by atoms with Gasteiger partial charge >= 0.3 is 0 Å². The number of anilines is 1. The number of carbonyl (C=O) groups excluding carboxylic acids is 1. The van der Waals surface area contributed by atoms with Gasteiger partial charge in [0, 0.05) is 44.0 Å². The van der Waals surface area contributed by atoms with Gasteiger partial charge in [0.05, 0.1) is 26.0 Å². The summed E-state index contributed by atoms with van der Waals surface area (Å²) in [5.74, 6) is 2.38. The average Bonchev–Trinajstić information content (AvgIpc) is 3.40. The van der Waals surface area contributed by atoms with Crippen molar-refractivity contribution in [2.75, 3.05) is 51.3 Å². The molecule has 1 atom stereocenters. The van der Waals surface area contributed by atoms with Crippen molar-refractivity contribution >= 4 is 11.6 Å². The minimum atomic E-state index is -0.105. The summed E-state index contributed by atoms with van der Waals surface area (Å²) in [5, 5.41) is 3.08. The average molecular weight is 450 g/mol. The van der Waals surface area contributed by atoms with Crippen LogP contribution in [0, 0.1) is 0 Å². The van der Waals surface area contributed by atoms with Gasteiger partial charge in [-0.25, -0.2) is 0 Å². The molecule has 1 N–H and O–H groups in total. The molecule has 0 saturated carbocycles. The summed E-state index contributed by atoms with van der Waals surface area (Å²) in [6, 6.07) is 19.2. The van der Waals surface area contributed by atoms with E-state index in [0.29, 0.717) is 18.7 Å². The van der Waals surface area contributed by atoms with Gasteiger partial charge < -0.3 is 24.1 Å². The molecular formula is C26H31N3O4. The van der Waals surface area contributed by atoms with Crippen molar-refractivity contribution in [2.45, 2.75) is 13.0 Å². The lowest BCUT2D eigenvalue weighted by molar-refractivity contribution is 0.0923. The molecule has 1 aromatic heterocycles. The minimum Gasteiger partial charge on any atom is -0.497 e. The van der Waals surface area contributed by atoms with Gasteiger partial charge in [-0.05, 0) is 67.6 Å². The summed E-state index contributed by atoms with van der Waals surface area (Å²) in [6.07, 6.45) is 1.68. The molecule has 1 saturated heterocycles. The van der Waals surface area contributed by atoms with E-state index < -0.39 is 0 Å². The molecule has 1 amide bonds. The fourth-order valence-electron chi connectivity index (χ4n) is 4.14. The Labute approximate surface area is 194 Å². The largest absolute Gasteiger partial charge is 0.497 e. The number of nitrogens with one attached hydrogen (secondary N) is 1. The van der Waals surface area contributed by atoms with Gasteiger partial charge in [-0.1, -0.05) is 0 Å². The molecule has 1 aliphatic heterocycles. The number of ether oxygens (including phenoxy) is 2. The Hall–Kier alpha value is -3.45. The molecular weight excluding hydrogens is 418 g/mol. The van der Waals surface area contributed by atoms with E-state index in [9.17, 15) is 4.79 Å². The van der Waals surface area contributed by atoms with Crippen LogP contribution in [0.5, 0.6) is 11.5 Å². The first kappa shape index (κ1) is 22.7. The van der Waals surface area contributed by atoms with Crippen molar-refractivity contribution in [1.29, 1.82) is 0 Å². The zero-order valence-corrected chi connectivity index (χ0v) is 19.2. The first-order valence-corrected chi connectivity index (χ1v) is 11.4. The quantitative estimate of drug-likeness (QED) is 0.533. The third-order valence-corrected chi connectivity index (χ3v) is 5.95. The van der Waals surface area contributed by atoms with Crippen LogP contribution in [0.2, 0.25) is 0 Å². The number of piperazine rings is 1. The van der Waals surface area contributed by atoms with E-state index >= 15 is 0 Å². The highest BCUT2D eigenvalue weighted by Crippen LogP contribution is 2.25. The lowest BCUT2D eigenvalue weighted by Gasteiger charge is -2.39. The van der Waals surface area contributed by atoms with Gasteiger partial charge in [0.15, 0.2) is 0 Å². The molecule has 0 unspecified atom stereocenters. The molecule has 0 aliphatic carbocycles. The normalized spacial score (nSPS) is 15.2. The second-order valence-corrected chi connectivity index (χ2v) is 7.92. The molecule has 0 spiro atoms. The molecule has 174 valence electrons. The third-order valence-electron chi connectivity index (χ3n) is 5.95. The Kier molecular flexibility index (Phi) is 7.52. The van der Waals surface area contributed by atoms with Gasteiger partial charge in [-0.15, -0.1) is 0 Å². The molecule has 1 aliphatic rings. The predicted octanol–water partition coefficient (Wildman–Crippen LogP) is 3.98. The Bertz CT molecular complexity index is 995. The fourth-order valence-corrected chi connectivity index (χ4v) is 4.14. The minimum absolute atomic E-state index is 0.0235. The van der Waals surface area contributed by atoms with Crippen LogP contribution in [0.25, 0.3) is 0 Å². The predicted molar refractivity (Wildman–Crippen MR) is 128 cm³/mol. The van der Waals surface area contributed by atoms with E-state index in [1.54, 1.807) is 25.5 Å². The van der Waals surface area contributed by atoms with Crippen LogP contribution in [0.15, 0.2) is 71.3 Å². The topological polar surface area (TPSA) is 67.2 Å². The highest BCUT2D eigenvalue weighted by atomic mass is 16.5. The van der Waals surface area contributed by atoms with Crippen LogP contribution in [0.1, 0.15) is 29.1 Å². The molecule has 4 rings (SSSR count). The summed E-state index contributed by atoms with van der Waals surface area (Å²) < 4.78 is 16.5. The highest BCUT2D eigenvalue weighted by molar-refractivity contribution is 5.94. The number of methoxy groups -OCH3 is 1. The number of hydrogen-bond donors (Lipinski definition) is 1. The SMILES string of the molecule is CCOc1ccc(C(=O)NC[C@H](c2ccco2)N2CCN(c3ccc(OC)cc3)CC2)cc1. The van der Waals surface area contributed by atoms with E-state index in [1.807, 2.05) is 43.3 Å². The Morgan fingerprint density at radius 1 is 1.00 bits per heavy atom. The number of furan rings is 1. The van der Waals surface area contributed by atoms with Crippen LogP contribution in [-0.2, 0) is 0 Å². The van der Waals surface area contributed by atoms with Crippen molar-refractivity contribution in [2.24, 2.45) is 0 Å². The zero-order valence-electron chi connectivity index (χ0n) is 19.2. The van der Waals surface area contributed by atoms with Crippen LogP contribution in [0.3, 0.4) is 0 Å². The van der Waals surface area contributed by atoms with E-state index in [-0.39, 0.29) is 11.9 Å². The van der Waals surface area contributed by atoms with Gasteiger partial charge in [0.1, 0.15) is 17.3 Å². The van der Waals surface area contributed by atoms with Crippen LogP contribution in [-0.4, -0.2) is 57.2 Å². The maximum absolute atomic E-state index is 12.7. The Morgan fingerprint density at radius 2 is 1.70 bits per heavy atom. The monoisotopic (exact) mass is 449 g/mol. The number of rotatable bonds is 9. The molecule has 1 fully saturated rings. The number of benzene rings is 2. The zero-order chi connectivity index (χ0) is 23.0. The summed E-state index contributed by atoms with van der Waals surface area (Å²) in [4.78, 5) is 17.5. The molecule has 7 heteroatoms. The Morgan fingerprint density at radius 3 is 2.30 bits per heavy atom. The van der Waals surface area contributed by atoms with Crippen molar-refractivity contribution in [3.63, 3.8) is 0 Å². The second kappa shape index (κ2) is 10.9. The molecule has 0 bridgehead atoms. The van der Waals surface area contributed by atoms with E-state index in [4.69, 9.17) is 13.9 Å². The molecule has 0 radical (unpaired) electrons. The summed E-state index contributed by atoms with van der Waals surface area (Å²) in [6.45, 7) is 6.55. The summed E-state index contributed by atoms with van der Waals surface area (Å²) >= 11 is 0. The molecule has 7 nitrogen and oxygen atoms in total. The van der Waals surface area contributed by atoms with Crippen molar-refractivity contribution in [3.8, 4) is 11.5 Å². The Balaban J connectivity index is 1.37. The standard InChI is InChI=1S/C26H31N3O4/c1-3-32-23-10-6-20(7-11-23)26(30)27-19-24(25-5-4-18-33-25)29-16-14-28(15-17-29)21-8-12-22(31-2)13-9-21/h4-13,18,24H,3,14-17,19H2,1-2H3,(H,27,30)/t24-/m1/s1. The van der Waals surface area contributed by atoms with Gasteiger partial charge in [0.2, 0.25) is 0 Å². The molecule has 2 aromatic carbocycles. The van der Waals surface area contributed by atoms with Gasteiger partial charge in [0.25, 0.3) is 5.91 Å². The lowest BCUT2D eigenvalue weighted by Crippen LogP contribution is -2.49. The van der Waals surface area contributed by atoms with Gasteiger partial charge in [-0.2, -0.15) is 0 Å². The third kappa shape index (κ3) is 5.68. The maximum Gasteiger partial charge on any atom is 0.251 e. The van der Waals surface area contributed by atoms with Crippen LogP contribution >= 0.6 is 0 Å². The summed E-state index contributed by atoms with van der Waals surface area (Å²) in [7, 11) is 1.68. The second-order valence-electron chi connectivity index (χ2n) is 7.92. The molecule has 2 heterocycles. The first-order chi connectivity index (χ1) is 16.2. The number of amides is 1. The van der Waals surface area contributed by atoms with Crippen LogP contribution in [0.4, 0.5) is 5.69 Å².